The van der Waals surface area contributed by atoms with Gasteiger partial charge in [-0.3, -0.25) is 0 Å². The maximum Gasteiger partial charge on any atom is 0.137 e. The monoisotopic (exact) mass is 251 g/mol. The van der Waals surface area contributed by atoms with Gasteiger partial charge in [-0.15, -0.1) is 0 Å². The first kappa shape index (κ1) is 12.4. The number of rotatable bonds is 3. The van der Waals surface area contributed by atoms with Crippen molar-refractivity contribution in [2.75, 3.05) is 5.32 Å². The molecule has 4 heteroatoms. The van der Waals surface area contributed by atoms with E-state index < -0.39 is 0 Å². The molecule has 2 rings (SSSR count). The number of hydrogen-bond donors (Lipinski definition) is 1. The maximum atomic E-state index is 6.14. The largest absolute Gasteiger partial charge is 0.366 e. The fourth-order valence-corrected chi connectivity index (χ4v) is 2.01. The summed E-state index contributed by atoms with van der Waals surface area (Å²) in [7, 11) is 0. The maximum absolute atomic E-state index is 6.14. The zero-order valence-electron chi connectivity index (χ0n) is 10.5. The van der Waals surface area contributed by atoms with Crippen LogP contribution in [0.5, 0.6) is 0 Å². The van der Waals surface area contributed by atoms with E-state index in [2.05, 4.69) is 41.3 Å². The third-order valence-electron chi connectivity index (χ3n) is 2.97. The van der Waals surface area contributed by atoms with Crippen LogP contribution in [0.25, 0.3) is 0 Å². The second-order valence-corrected chi connectivity index (χ2v) is 5.14. The van der Waals surface area contributed by atoms with Crippen molar-refractivity contribution < 1.29 is 0 Å². The topological polar surface area (TPSA) is 37.8 Å². The molecule has 92 valence electrons. The second-order valence-electron chi connectivity index (χ2n) is 4.78. The van der Waals surface area contributed by atoms with Gasteiger partial charge in [0, 0.05) is 17.5 Å². The molecule has 1 aromatic heterocycles. The summed E-state index contributed by atoms with van der Waals surface area (Å²) >= 11 is 6.14. The molecule has 0 saturated heterocycles. The lowest BCUT2D eigenvalue weighted by Gasteiger charge is -2.17. The smallest absolute Gasteiger partial charge is 0.137 e. The Hall–Kier alpha value is -1.09. The van der Waals surface area contributed by atoms with Crippen LogP contribution < -0.4 is 5.32 Å². The summed E-state index contributed by atoms with van der Waals surface area (Å²) in [5, 5.41) is 4.00. The highest BCUT2D eigenvalue weighted by Gasteiger charge is 2.16. The molecule has 0 saturated carbocycles. The van der Waals surface area contributed by atoms with Gasteiger partial charge in [0.2, 0.25) is 0 Å². The van der Waals surface area contributed by atoms with Crippen LogP contribution in [-0.2, 0) is 0 Å². The quantitative estimate of drug-likeness (QED) is 0.658. The Bertz CT molecular complexity index is 433. The lowest BCUT2D eigenvalue weighted by atomic mass is 10.2. The molecule has 0 aliphatic heterocycles. The molecule has 0 spiro atoms. The first-order chi connectivity index (χ1) is 8.08. The zero-order valence-corrected chi connectivity index (χ0v) is 11.3. The van der Waals surface area contributed by atoms with Crippen molar-refractivity contribution in [1.82, 2.24) is 9.97 Å². The molecule has 0 aromatic carbocycles. The first-order valence-electron chi connectivity index (χ1n) is 6.03. The molecule has 1 N–H and O–H groups in total. The van der Waals surface area contributed by atoms with Crippen molar-refractivity contribution in [3.8, 4) is 0 Å². The molecule has 3 nitrogen and oxygen atoms in total. The average Bonchev–Trinajstić information content (AvgIpc) is 2.77. The molecule has 0 bridgehead atoms. The van der Waals surface area contributed by atoms with Gasteiger partial charge in [-0.25, -0.2) is 9.97 Å². The highest BCUT2D eigenvalue weighted by atomic mass is 35.5. The van der Waals surface area contributed by atoms with Crippen LogP contribution in [-0.4, -0.2) is 16.0 Å². The molecule has 1 aliphatic carbocycles. The molecule has 1 aromatic rings. The summed E-state index contributed by atoms with van der Waals surface area (Å²) in [5.41, 5.74) is 0.933. The zero-order chi connectivity index (χ0) is 12.4. The molecule has 0 unspecified atom stereocenters. The third kappa shape index (κ3) is 2.78. The van der Waals surface area contributed by atoms with Crippen LogP contribution in [0.15, 0.2) is 12.2 Å². The van der Waals surface area contributed by atoms with Gasteiger partial charge in [0.25, 0.3) is 0 Å². The Morgan fingerprint density at radius 2 is 1.94 bits per heavy atom. The first-order valence-corrected chi connectivity index (χ1v) is 6.41. The second kappa shape index (κ2) is 5.05. The van der Waals surface area contributed by atoms with Crippen molar-refractivity contribution >= 4 is 17.4 Å². The van der Waals surface area contributed by atoms with Crippen molar-refractivity contribution in [2.45, 2.75) is 45.6 Å². The Morgan fingerprint density at radius 1 is 1.29 bits per heavy atom. The summed E-state index contributed by atoms with van der Waals surface area (Å²) < 4.78 is 0. The van der Waals surface area contributed by atoms with Gasteiger partial charge in [-0.1, -0.05) is 37.6 Å². The van der Waals surface area contributed by atoms with Crippen LogP contribution in [0.4, 0.5) is 5.82 Å². The number of anilines is 1. The van der Waals surface area contributed by atoms with E-state index in [0.717, 1.165) is 30.0 Å². The van der Waals surface area contributed by atoms with Crippen LogP contribution in [0.2, 0.25) is 5.15 Å². The van der Waals surface area contributed by atoms with Crippen LogP contribution >= 0.6 is 11.6 Å². The van der Waals surface area contributed by atoms with E-state index >= 15 is 0 Å². The summed E-state index contributed by atoms with van der Waals surface area (Å²) in [6.45, 7) is 6.10. The van der Waals surface area contributed by atoms with Crippen molar-refractivity contribution in [1.29, 1.82) is 0 Å². The predicted octanol–water partition coefficient (Wildman–Crippen LogP) is 3.69. The van der Waals surface area contributed by atoms with E-state index in [1.807, 2.05) is 6.92 Å². The predicted molar refractivity (Wildman–Crippen MR) is 71.7 cm³/mol. The minimum Gasteiger partial charge on any atom is -0.366 e. The molecule has 1 heterocycles. The number of hydrogen-bond acceptors (Lipinski definition) is 3. The van der Waals surface area contributed by atoms with Gasteiger partial charge in [0.05, 0.1) is 0 Å². The fourth-order valence-electron chi connectivity index (χ4n) is 1.83. The van der Waals surface area contributed by atoms with E-state index in [1.165, 1.54) is 0 Å². The Balaban J connectivity index is 2.25. The van der Waals surface area contributed by atoms with E-state index in [-0.39, 0.29) is 5.92 Å². The molecular weight excluding hydrogens is 234 g/mol. The lowest BCUT2D eigenvalue weighted by molar-refractivity contribution is 0.748. The Morgan fingerprint density at radius 3 is 2.53 bits per heavy atom. The summed E-state index contributed by atoms with van der Waals surface area (Å²) in [5.74, 6) is 1.96. The Kier molecular flexibility index (Phi) is 3.67. The van der Waals surface area contributed by atoms with Crippen LogP contribution in [0.1, 0.15) is 44.0 Å². The molecule has 0 amide bonds. The molecule has 0 atom stereocenters. The van der Waals surface area contributed by atoms with Gasteiger partial charge < -0.3 is 5.32 Å². The highest BCUT2D eigenvalue weighted by Crippen LogP contribution is 2.25. The molecule has 0 radical (unpaired) electrons. The van der Waals surface area contributed by atoms with E-state index in [0.29, 0.717) is 11.2 Å². The van der Waals surface area contributed by atoms with Gasteiger partial charge in [-0.05, 0) is 19.8 Å². The number of aromatic nitrogens is 2. The SMILES string of the molecule is Cc1c(Cl)nc(C(C)C)nc1NC1CC=CC1. The van der Waals surface area contributed by atoms with E-state index in [4.69, 9.17) is 11.6 Å². The van der Waals surface area contributed by atoms with Crippen LogP contribution in [0, 0.1) is 6.92 Å². The minimum atomic E-state index is 0.287. The van der Waals surface area contributed by atoms with Crippen molar-refractivity contribution in [2.24, 2.45) is 0 Å². The van der Waals surface area contributed by atoms with E-state index in [1.54, 1.807) is 0 Å². The number of nitrogens with zero attached hydrogens (tertiary/aromatic N) is 2. The fraction of sp³-hybridized carbons (Fsp3) is 0.538. The number of halogens is 1. The average molecular weight is 252 g/mol. The standard InChI is InChI=1S/C13H18ClN3/c1-8(2)12-16-11(14)9(3)13(17-12)15-10-6-4-5-7-10/h4-5,8,10H,6-7H2,1-3H3,(H,15,16,17). The summed E-state index contributed by atoms with van der Waals surface area (Å²) in [6, 6.07) is 0.444. The third-order valence-corrected chi connectivity index (χ3v) is 3.34. The van der Waals surface area contributed by atoms with Gasteiger partial charge in [-0.2, -0.15) is 0 Å². The molecule has 17 heavy (non-hydrogen) atoms. The van der Waals surface area contributed by atoms with Crippen LogP contribution in [0.3, 0.4) is 0 Å². The highest BCUT2D eigenvalue weighted by molar-refractivity contribution is 6.30. The van der Waals surface area contributed by atoms with Gasteiger partial charge in [0.1, 0.15) is 16.8 Å². The van der Waals surface area contributed by atoms with Crippen molar-refractivity contribution in [3.05, 3.63) is 28.7 Å². The molecule has 1 aliphatic rings. The van der Waals surface area contributed by atoms with Gasteiger partial charge in [0.15, 0.2) is 0 Å². The summed E-state index contributed by atoms with van der Waals surface area (Å²) in [6.07, 6.45) is 6.49. The number of nitrogens with one attached hydrogen (secondary N) is 1. The van der Waals surface area contributed by atoms with E-state index in [9.17, 15) is 0 Å². The summed E-state index contributed by atoms with van der Waals surface area (Å²) in [4.78, 5) is 8.87. The van der Waals surface area contributed by atoms with Gasteiger partial charge >= 0.3 is 0 Å². The molecular formula is C13H18ClN3. The normalized spacial score (nSPS) is 15.8. The molecule has 0 fully saturated rings. The Labute approximate surface area is 107 Å². The minimum absolute atomic E-state index is 0.287. The lowest BCUT2D eigenvalue weighted by Crippen LogP contribution is -2.18. The van der Waals surface area contributed by atoms with Crippen molar-refractivity contribution in [3.63, 3.8) is 0 Å².